The van der Waals surface area contributed by atoms with Gasteiger partial charge in [-0.2, -0.15) is 5.10 Å². The summed E-state index contributed by atoms with van der Waals surface area (Å²) in [5.41, 5.74) is 10.9. The number of nitrogens with two attached hydrogens (primary N) is 1. The number of morpholine rings is 1. The quantitative estimate of drug-likeness (QED) is 0.545. The van der Waals surface area contributed by atoms with Crippen molar-refractivity contribution >= 4 is 5.96 Å². The van der Waals surface area contributed by atoms with Gasteiger partial charge in [-0.15, -0.1) is 0 Å². The lowest BCUT2D eigenvalue weighted by Gasteiger charge is -2.27. The van der Waals surface area contributed by atoms with E-state index in [4.69, 9.17) is 10.5 Å². The van der Waals surface area contributed by atoms with Crippen LogP contribution in [0.2, 0.25) is 0 Å². The lowest BCUT2D eigenvalue weighted by atomic mass is 9.98. The Balaban J connectivity index is 1.49. The zero-order valence-electron chi connectivity index (χ0n) is 15.7. The van der Waals surface area contributed by atoms with E-state index in [1.807, 2.05) is 10.7 Å². The molecule has 0 bridgehead atoms. The Hall–Kier alpha value is -3.19. The largest absolute Gasteiger partial charge is 0.378 e. The highest BCUT2D eigenvalue weighted by atomic mass is 16.5. The molecule has 0 aliphatic carbocycles. The second kappa shape index (κ2) is 8.67. The molecule has 0 atom stereocenters. The molecule has 0 unspecified atom stereocenters. The van der Waals surface area contributed by atoms with Gasteiger partial charge in [0.1, 0.15) is 12.7 Å². The first-order chi connectivity index (χ1) is 13.8. The number of aromatic nitrogens is 3. The topological polar surface area (TPSA) is 81.6 Å². The molecule has 144 valence electrons. The number of aliphatic imine (C=N–C) groups is 1. The van der Waals surface area contributed by atoms with Crippen molar-refractivity contribution in [1.29, 1.82) is 0 Å². The normalized spacial score (nSPS) is 15.0. The maximum Gasteiger partial charge on any atom is 0.191 e. The van der Waals surface area contributed by atoms with Crippen LogP contribution in [-0.4, -0.2) is 51.9 Å². The van der Waals surface area contributed by atoms with Crippen LogP contribution in [0.3, 0.4) is 0 Å². The second-order valence-corrected chi connectivity index (χ2v) is 6.72. The number of nitrogens with zero attached hydrogens (tertiary/aromatic N) is 5. The van der Waals surface area contributed by atoms with E-state index in [0.717, 1.165) is 24.2 Å². The monoisotopic (exact) mass is 376 g/mol. The average Bonchev–Trinajstić information content (AvgIpc) is 3.26. The van der Waals surface area contributed by atoms with E-state index in [9.17, 15) is 0 Å². The summed E-state index contributed by atoms with van der Waals surface area (Å²) in [6, 6.07) is 16.9. The van der Waals surface area contributed by atoms with Crippen LogP contribution in [0.4, 0.5) is 0 Å². The summed E-state index contributed by atoms with van der Waals surface area (Å²) in [6.07, 6.45) is 3.27. The summed E-state index contributed by atoms with van der Waals surface area (Å²) in [5, 5.41) is 4.15. The van der Waals surface area contributed by atoms with Gasteiger partial charge < -0.3 is 15.4 Å². The second-order valence-electron chi connectivity index (χ2n) is 6.72. The third-order valence-electron chi connectivity index (χ3n) is 4.84. The number of ether oxygens (including phenoxy) is 1. The van der Waals surface area contributed by atoms with Crippen LogP contribution in [0.1, 0.15) is 11.1 Å². The molecule has 7 heteroatoms. The molecule has 0 spiro atoms. The predicted molar refractivity (Wildman–Crippen MR) is 109 cm³/mol. The minimum Gasteiger partial charge on any atom is -0.378 e. The van der Waals surface area contributed by atoms with Gasteiger partial charge >= 0.3 is 0 Å². The zero-order valence-corrected chi connectivity index (χ0v) is 15.7. The van der Waals surface area contributed by atoms with Crippen molar-refractivity contribution in [3.63, 3.8) is 0 Å². The van der Waals surface area contributed by atoms with Crippen molar-refractivity contribution in [2.75, 3.05) is 26.3 Å². The van der Waals surface area contributed by atoms with Gasteiger partial charge in [-0.3, -0.25) is 0 Å². The van der Waals surface area contributed by atoms with Crippen molar-refractivity contribution in [2.24, 2.45) is 10.7 Å². The maximum atomic E-state index is 6.18. The average molecular weight is 376 g/mol. The molecule has 0 amide bonds. The lowest BCUT2D eigenvalue weighted by Crippen LogP contribution is -2.44. The highest BCUT2D eigenvalue weighted by Crippen LogP contribution is 2.25. The third-order valence-corrected chi connectivity index (χ3v) is 4.84. The van der Waals surface area contributed by atoms with Crippen LogP contribution in [0.15, 0.2) is 66.2 Å². The van der Waals surface area contributed by atoms with Crippen molar-refractivity contribution in [2.45, 2.75) is 13.1 Å². The number of hydrogen-bond donors (Lipinski definition) is 1. The van der Waals surface area contributed by atoms with E-state index in [1.165, 1.54) is 11.1 Å². The van der Waals surface area contributed by atoms with E-state index < -0.39 is 0 Å². The Labute approximate surface area is 164 Å². The Bertz CT molecular complexity index is 914. The number of hydrogen-bond acceptors (Lipinski definition) is 4. The molecule has 1 fully saturated rings. The minimum absolute atomic E-state index is 0.556. The molecular weight excluding hydrogens is 352 g/mol. The van der Waals surface area contributed by atoms with E-state index >= 15 is 0 Å². The van der Waals surface area contributed by atoms with Gasteiger partial charge in [-0.25, -0.2) is 14.7 Å². The highest BCUT2D eigenvalue weighted by Gasteiger charge is 2.12. The van der Waals surface area contributed by atoms with Gasteiger partial charge in [-0.1, -0.05) is 48.5 Å². The van der Waals surface area contributed by atoms with Crippen LogP contribution >= 0.6 is 0 Å². The maximum absolute atomic E-state index is 6.18. The third kappa shape index (κ3) is 4.37. The van der Waals surface area contributed by atoms with Crippen LogP contribution in [0.5, 0.6) is 0 Å². The summed E-state index contributed by atoms with van der Waals surface area (Å²) < 4.78 is 7.18. The lowest BCUT2D eigenvalue weighted by molar-refractivity contribution is 0.0674. The first-order valence-corrected chi connectivity index (χ1v) is 9.42. The summed E-state index contributed by atoms with van der Waals surface area (Å²) in [5.74, 6) is 0.585. The smallest absolute Gasteiger partial charge is 0.191 e. The summed E-state index contributed by atoms with van der Waals surface area (Å²) >= 11 is 0. The molecule has 1 aromatic heterocycles. The van der Waals surface area contributed by atoms with Crippen LogP contribution < -0.4 is 5.73 Å². The van der Waals surface area contributed by atoms with Gasteiger partial charge in [0.2, 0.25) is 0 Å². The van der Waals surface area contributed by atoms with Gasteiger partial charge in [0.05, 0.1) is 26.3 Å². The predicted octanol–water partition coefficient (Wildman–Crippen LogP) is 2.14. The molecular formula is C21H24N6O. The summed E-state index contributed by atoms with van der Waals surface area (Å²) in [4.78, 5) is 10.7. The molecule has 2 aromatic carbocycles. The standard InChI is InChI=1S/C21H24N6O/c22-21(26-9-11-28-12-10-26)24-13-19-3-1-2-4-20(19)18-7-5-17(6-8-18)14-27-16-23-15-25-27/h1-8,15-16H,9-14H2,(H2,22,24). The SMILES string of the molecule is NC(=NCc1ccccc1-c1ccc(Cn2cncn2)cc1)N1CCOCC1. The molecule has 0 saturated carbocycles. The van der Waals surface area contributed by atoms with E-state index in [0.29, 0.717) is 32.3 Å². The van der Waals surface area contributed by atoms with Crippen molar-refractivity contribution in [3.05, 3.63) is 72.3 Å². The molecule has 28 heavy (non-hydrogen) atoms. The van der Waals surface area contributed by atoms with Crippen LogP contribution in [0, 0.1) is 0 Å². The number of benzene rings is 2. The molecule has 1 saturated heterocycles. The van der Waals surface area contributed by atoms with Crippen LogP contribution in [0.25, 0.3) is 11.1 Å². The molecule has 0 radical (unpaired) electrons. The molecule has 7 nitrogen and oxygen atoms in total. The molecule has 2 N–H and O–H groups in total. The van der Waals surface area contributed by atoms with Gasteiger partial charge in [-0.05, 0) is 22.3 Å². The molecule has 2 heterocycles. The first kappa shape index (κ1) is 18.2. The first-order valence-electron chi connectivity index (χ1n) is 9.42. The number of rotatable bonds is 5. The highest BCUT2D eigenvalue weighted by molar-refractivity contribution is 5.78. The molecule has 4 rings (SSSR count). The number of guanidine groups is 1. The Morgan fingerprint density at radius 1 is 1.07 bits per heavy atom. The Morgan fingerprint density at radius 3 is 2.61 bits per heavy atom. The van der Waals surface area contributed by atoms with Crippen LogP contribution in [-0.2, 0) is 17.8 Å². The van der Waals surface area contributed by atoms with Gasteiger partial charge in [0.25, 0.3) is 0 Å². The molecule has 1 aliphatic rings. The Kier molecular flexibility index (Phi) is 5.63. The molecule has 1 aliphatic heterocycles. The van der Waals surface area contributed by atoms with E-state index in [-0.39, 0.29) is 0 Å². The van der Waals surface area contributed by atoms with Crippen molar-refractivity contribution in [3.8, 4) is 11.1 Å². The van der Waals surface area contributed by atoms with Crippen molar-refractivity contribution in [1.82, 2.24) is 19.7 Å². The zero-order chi connectivity index (χ0) is 19.2. The van der Waals surface area contributed by atoms with E-state index in [2.05, 4.69) is 62.4 Å². The Morgan fingerprint density at radius 2 is 1.86 bits per heavy atom. The minimum atomic E-state index is 0.556. The molecule has 3 aromatic rings. The fourth-order valence-corrected chi connectivity index (χ4v) is 3.29. The fourth-order valence-electron chi connectivity index (χ4n) is 3.29. The van der Waals surface area contributed by atoms with Gasteiger partial charge in [0, 0.05) is 13.1 Å². The fraction of sp³-hybridized carbons (Fsp3) is 0.286. The summed E-state index contributed by atoms with van der Waals surface area (Å²) in [6.45, 7) is 4.26. The van der Waals surface area contributed by atoms with Gasteiger partial charge in [0.15, 0.2) is 5.96 Å². The summed E-state index contributed by atoms with van der Waals surface area (Å²) in [7, 11) is 0. The van der Waals surface area contributed by atoms with E-state index in [1.54, 1.807) is 12.7 Å². The van der Waals surface area contributed by atoms with Crippen molar-refractivity contribution < 1.29 is 4.74 Å².